The molecule has 0 radical (unpaired) electrons. The molecule has 0 aromatic heterocycles. The molecule has 84 heavy (non-hydrogen) atoms. The van der Waals surface area contributed by atoms with E-state index in [2.05, 4.69) is 86.8 Å². The maximum atomic E-state index is 13.6. The van der Waals surface area contributed by atoms with Crippen LogP contribution >= 0.6 is 7.82 Å². The number of carbonyl (C=O) groups excluding carboxylic acids is 2. The van der Waals surface area contributed by atoms with Gasteiger partial charge in [-0.25, -0.2) is 4.57 Å². The van der Waals surface area contributed by atoms with Crippen LogP contribution in [0, 0.1) is 0 Å². The fourth-order valence-electron chi connectivity index (χ4n) is 10.4. The summed E-state index contributed by atoms with van der Waals surface area (Å²) in [6.45, 7) is 6.94. The second-order valence-corrected chi connectivity index (χ2v) is 26.8. The number of phosphoric ester groups is 1. The number of phosphoric acid groups is 1. The molecule has 0 bridgehead atoms. The van der Waals surface area contributed by atoms with Gasteiger partial charge in [-0.05, 0) is 76.7 Å². The van der Waals surface area contributed by atoms with Gasteiger partial charge in [0.15, 0.2) is 0 Å². The van der Waals surface area contributed by atoms with E-state index >= 15 is 0 Å². The Morgan fingerprint density at radius 3 is 1.14 bits per heavy atom. The molecule has 0 fully saturated rings. The molecule has 0 aliphatic heterocycles. The lowest BCUT2D eigenvalue weighted by molar-refractivity contribution is -0.870. The van der Waals surface area contributed by atoms with Gasteiger partial charge in [0.25, 0.3) is 0 Å². The largest absolute Gasteiger partial charge is 0.472 e. The number of rotatable bonds is 65. The Bertz CT molecular complexity index is 1670. The summed E-state index contributed by atoms with van der Waals surface area (Å²) in [7, 11) is 1.50. The van der Waals surface area contributed by atoms with Crippen LogP contribution in [0.4, 0.5) is 0 Å². The predicted octanol–water partition coefficient (Wildman–Crippen LogP) is 22.7. The Hall–Kier alpha value is -2.55. The molecule has 10 heteroatoms. The van der Waals surface area contributed by atoms with Gasteiger partial charge in [-0.3, -0.25) is 18.6 Å². The van der Waals surface area contributed by atoms with Crippen molar-refractivity contribution in [2.24, 2.45) is 0 Å². The summed E-state index contributed by atoms with van der Waals surface area (Å²) in [4.78, 5) is 37.9. The number of unbranched alkanes of at least 4 members (excludes halogenated alkanes) is 39. The highest BCUT2D eigenvalue weighted by molar-refractivity contribution is 7.47. The highest BCUT2D eigenvalue weighted by Crippen LogP contribution is 2.43. The van der Waals surface area contributed by atoms with Crippen LogP contribution in [0.1, 0.15) is 335 Å². The van der Waals surface area contributed by atoms with Crippen molar-refractivity contribution in [2.75, 3.05) is 40.9 Å². The topological polar surface area (TPSA) is 111 Å². The number of allylic oxidation sites excluding steroid dienone is 11. The number of hydrogen-bond acceptors (Lipinski definition) is 6. The van der Waals surface area contributed by atoms with Gasteiger partial charge in [-0.15, -0.1) is 0 Å². The molecule has 1 amide bonds. The first-order valence-electron chi connectivity index (χ1n) is 35.8. The lowest BCUT2D eigenvalue weighted by Crippen LogP contribution is -2.47. The molecule has 0 saturated carbocycles. The third kappa shape index (κ3) is 63.9. The van der Waals surface area contributed by atoms with Crippen molar-refractivity contribution in [3.8, 4) is 0 Å². The van der Waals surface area contributed by atoms with Gasteiger partial charge in [0, 0.05) is 12.8 Å². The van der Waals surface area contributed by atoms with Crippen LogP contribution in [0.5, 0.6) is 0 Å². The molecular weight excluding hydrogens is 1060 g/mol. The Kier molecular flexibility index (Phi) is 61.5. The number of nitrogens with one attached hydrogen (secondary N) is 1. The normalized spacial score (nSPS) is 13.9. The quantitative estimate of drug-likeness (QED) is 0.0205. The van der Waals surface area contributed by atoms with Crippen molar-refractivity contribution in [1.29, 1.82) is 0 Å². The molecule has 0 aromatic rings. The van der Waals surface area contributed by atoms with Crippen LogP contribution in [0.25, 0.3) is 0 Å². The van der Waals surface area contributed by atoms with E-state index in [4.69, 9.17) is 13.8 Å². The molecule has 2 N–H and O–H groups in total. The standard InChI is InChI=1S/C74H137N2O7P/c1-7-10-13-16-19-22-25-28-30-32-34-36-37-38-39-41-43-45-47-49-52-55-58-61-64-67-74(78)83-72(65-62-59-56-53-50-27-24-21-18-15-12-9-3)71(70-82-84(79,80)81-69-68-76(4,5)6)75-73(77)66-63-60-57-54-51-48-46-44-42-40-35-33-31-29-26-23-20-17-14-11-8-2/h10,13,19,22,28,30,34,36,38-39,62,65,71-72H,7-9,11-12,14-18,20-21,23-27,29,31-33,35,37,40-61,63-64,66-70H2,1-6H3,(H-,75,77,79,80)/p+1/b13-10-,22-19-,30-28-,36-34-,39-38-,65-62+. The van der Waals surface area contributed by atoms with Crippen molar-refractivity contribution >= 4 is 19.7 Å². The minimum absolute atomic E-state index is 0.0391. The number of likely N-dealkylation sites (N-methyl/N-ethyl adjacent to an activating group) is 1. The maximum absolute atomic E-state index is 13.6. The molecule has 0 heterocycles. The summed E-state index contributed by atoms with van der Waals surface area (Å²) in [6, 6.07) is -0.852. The molecule has 0 aromatic carbocycles. The Morgan fingerprint density at radius 2 is 0.762 bits per heavy atom. The zero-order valence-electron chi connectivity index (χ0n) is 56.1. The number of amides is 1. The van der Waals surface area contributed by atoms with Gasteiger partial charge in [0.2, 0.25) is 5.91 Å². The van der Waals surface area contributed by atoms with Crippen LogP contribution in [0.3, 0.4) is 0 Å². The second-order valence-electron chi connectivity index (χ2n) is 25.4. The fraction of sp³-hybridized carbons (Fsp3) is 0.811. The molecule has 0 saturated heterocycles. The van der Waals surface area contributed by atoms with E-state index in [9.17, 15) is 19.0 Å². The fourth-order valence-corrected chi connectivity index (χ4v) is 11.2. The summed E-state index contributed by atoms with van der Waals surface area (Å²) < 4.78 is 30.8. The minimum atomic E-state index is -4.46. The number of nitrogens with zero attached hydrogens (tertiary/aromatic N) is 1. The summed E-state index contributed by atoms with van der Waals surface area (Å²) >= 11 is 0. The van der Waals surface area contributed by atoms with Crippen LogP contribution in [0.15, 0.2) is 72.9 Å². The molecular formula is C74H138N2O7P+. The third-order valence-corrected chi connectivity index (χ3v) is 16.9. The van der Waals surface area contributed by atoms with Crippen molar-refractivity contribution in [2.45, 2.75) is 348 Å². The van der Waals surface area contributed by atoms with E-state index in [1.165, 1.54) is 199 Å². The second kappa shape index (κ2) is 63.5. The van der Waals surface area contributed by atoms with Crippen LogP contribution < -0.4 is 5.32 Å². The van der Waals surface area contributed by atoms with Crippen LogP contribution in [-0.2, 0) is 27.9 Å². The van der Waals surface area contributed by atoms with E-state index < -0.39 is 20.0 Å². The van der Waals surface area contributed by atoms with E-state index in [1.807, 2.05) is 33.3 Å². The van der Waals surface area contributed by atoms with Crippen molar-refractivity contribution in [3.05, 3.63) is 72.9 Å². The monoisotopic (exact) mass is 1200 g/mol. The number of esters is 1. The highest BCUT2D eigenvalue weighted by Gasteiger charge is 2.30. The smallest absolute Gasteiger partial charge is 0.456 e. The molecule has 3 atom stereocenters. The first-order valence-corrected chi connectivity index (χ1v) is 37.3. The van der Waals surface area contributed by atoms with Crippen LogP contribution in [-0.4, -0.2) is 74.3 Å². The lowest BCUT2D eigenvalue weighted by atomic mass is 10.0. The zero-order chi connectivity index (χ0) is 61.4. The van der Waals surface area contributed by atoms with Gasteiger partial charge in [-0.2, -0.15) is 0 Å². The molecule has 3 unspecified atom stereocenters. The number of carbonyl (C=O) groups is 2. The number of ether oxygens (including phenoxy) is 1. The summed E-state index contributed by atoms with van der Waals surface area (Å²) in [5.74, 6) is -0.499. The molecule has 9 nitrogen and oxygen atoms in total. The summed E-state index contributed by atoms with van der Waals surface area (Å²) in [5, 5.41) is 3.07. The highest BCUT2D eigenvalue weighted by atomic mass is 31.2. The summed E-state index contributed by atoms with van der Waals surface area (Å²) in [6.07, 6.45) is 83.4. The lowest BCUT2D eigenvalue weighted by Gasteiger charge is -2.27. The van der Waals surface area contributed by atoms with Gasteiger partial charge < -0.3 is 19.4 Å². The average Bonchev–Trinajstić information content (AvgIpc) is 3.64. The maximum Gasteiger partial charge on any atom is 0.472 e. The Labute approximate surface area is 521 Å². The first-order chi connectivity index (χ1) is 40.9. The van der Waals surface area contributed by atoms with Crippen molar-refractivity contribution < 1.29 is 37.3 Å². The molecule has 0 spiro atoms. The van der Waals surface area contributed by atoms with E-state index in [0.29, 0.717) is 17.4 Å². The van der Waals surface area contributed by atoms with E-state index in [0.717, 1.165) is 103 Å². The number of hydrogen-bond donors (Lipinski definition) is 2. The Morgan fingerprint density at radius 1 is 0.429 bits per heavy atom. The molecule has 0 aliphatic carbocycles. The van der Waals surface area contributed by atoms with Gasteiger partial charge >= 0.3 is 13.8 Å². The predicted molar refractivity (Wildman–Crippen MR) is 365 cm³/mol. The van der Waals surface area contributed by atoms with Gasteiger partial charge in [0.05, 0.1) is 33.8 Å². The molecule has 0 aliphatic rings. The first kappa shape index (κ1) is 81.5. The van der Waals surface area contributed by atoms with Crippen molar-refractivity contribution in [1.82, 2.24) is 5.32 Å². The zero-order valence-corrected chi connectivity index (χ0v) is 57.0. The van der Waals surface area contributed by atoms with Gasteiger partial charge in [0.1, 0.15) is 19.3 Å². The van der Waals surface area contributed by atoms with E-state index in [1.54, 1.807) is 0 Å². The van der Waals surface area contributed by atoms with Gasteiger partial charge in [-0.1, -0.05) is 319 Å². The average molecular weight is 1200 g/mol. The van der Waals surface area contributed by atoms with E-state index in [-0.39, 0.29) is 31.5 Å². The SMILES string of the molecule is CC/C=C\C/C=C\C/C=C\C/C=C\C/C=C\CCCCCCCCCCCC(=O)OC(/C=C/CCCCCCCCCCCC)C(COP(=O)(O)OCC[N+](C)(C)C)NC(=O)CCCCCCCCCCCCCCCCCCCCCCC. The Balaban J connectivity index is 5.07. The molecule has 0 rings (SSSR count). The third-order valence-electron chi connectivity index (χ3n) is 15.9. The minimum Gasteiger partial charge on any atom is -0.456 e. The molecule has 490 valence electrons. The number of quaternary nitrogens is 1. The van der Waals surface area contributed by atoms with Crippen LogP contribution in [0.2, 0.25) is 0 Å². The summed E-state index contributed by atoms with van der Waals surface area (Å²) in [5.41, 5.74) is 0. The van der Waals surface area contributed by atoms with Crippen molar-refractivity contribution in [3.63, 3.8) is 0 Å².